The number of rotatable bonds is 3. The minimum atomic E-state index is 0.903. The van der Waals surface area contributed by atoms with Gasteiger partial charge in [0, 0.05) is 5.56 Å². The van der Waals surface area contributed by atoms with Gasteiger partial charge in [-0.05, 0) is 41.8 Å². The molecule has 3 rings (SSSR count). The molecule has 1 heteroatoms. The zero-order valence-corrected chi connectivity index (χ0v) is 13.3. The third-order valence-corrected chi connectivity index (χ3v) is 4.01. The lowest BCUT2D eigenvalue weighted by Crippen LogP contribution is -1.89. The molecule has 0 unspecified atom stereocenters. The zero-order chi connectivity index (χ0) is 15.5. The van der Waals surface area contributed by atoms with Crippen LogP contribution in [-0.2, 0) is 0 Å². The highest BCUT2D eigenvalue weighted by Crippen LogP contribution is 2.30. The molecule has 0 aromatic heterocycles. The van der Waals surface area contributed by atoms with Gasteiger partial charge < -0.3 is 4.74 Å². The van der Waals surface area contributed by atoms with E-state index in [0.717, 1.165) is 11.3 Å². The summed E-state index contributed by atoms with van der Waals surface area (Å²) in [4.78, 5) is 0. The smallest absolute Gasteiger partial charge is 0.126 e. The lowest BCUT2D eigenvalue weighted by Gasteiger charge is -2.09. The van der Waals surface area contributed by atoms with Crippen LogP contribution in [0.25, 0.3) is 22.9 Å². The molecule has 22 heavy (non-hydrogen) atoms. The lowest BCUT2D eigenvalue weighted by molar-refractivity contribution is 0.414. The average Bonchev–Trinajstić information content (AvgIpc) is 2.53. The molecule has 0 aliphatic carbocycles. The molecule has 0 heterocycles. The van der Waals surface area contributed by atoms with Crippen LogP contribution in [0.5, 0.6) is 5.75 Å². The average molecular weight is 288 g/mol. The molecule has 0 radical (unpaired) electrons. The first-order valence-electron chi connectivity index (χ1n) is 7.50. The van der Waals surface area contributed by atoms with Gasteiger partial charge in [-0.1, -0.05) is 66.2 Å². The maximum absolute atomic E-state index is 5.54. The number of ether oxygens (including phenoxy) is 1. The highest BCUT2D eigenvalue weighted by Gasteiger charge is 2.05. The quantitative estimate of drug-likeness (QED) is 0.567. The standard InChI is InChI=1S/C21H20O/c1-15-8-9-17(16(2)14-15)10-12-20-19-7-5-4-6-18(19)11-13-21(20)22-3/h4-14H,1-3H3. The lowest BCUT2D eigenvalue weighted by atomic mass is 10.0. The Hall–Kier alpha value is -2.54. The van der Waals surface area contributed by atoms with Gasteiger partial charge in [0.1, 0.15) is 5.75 Å². The SMILES string of the molecule is COc1ccc2ccccc2c1C=Cc1ccc(C)cc1C. The van der Waals surface area contributed by atoms with Crippen LogP contribution >= 0.6 is 0 Å². The maximum Gasteiger partial charge on any atom is 0.126 e. The van der Waals surface area contributed by atoms with Crippen molar-refractivity contribution in [3.63, 3.8) is 0 Å². The molecule has 0 aliphatic heterocycles. The number of benzene rings is 3. The third-order valence-electron chi connectivity index (χ3n) is 4.01. The predicted molar refractivity (Wildman–Crippen MR) is 95.3 cm³/mol. The van der Waals surface area contributed by atoms with Gasteiger partial charge in [0.2, 0.25) is 0 Å². The summed E-state index contributed by atoms with van der Waals surface area (Å²) in [5, 5.41) is 2.44. The van der Waals surface area contributed by atoms with Crippen LogP contribution in [0.15, 0.2) is 54.6 Å². The second-order valence-corrected chi connectivity index (χ2v) is 5.60. The summed E-state index contributed by atoms with van der Waals surface area (Å²) in [6, 6.07) is 19.0. The van der Waals surface area contributed by atoms with Gasteiger partial charge >= 0.3 is 0 Å². The Balaban J connectivity index is 2.11. The van der Waals surface area contributed by atoms with E-state index in [1.807, 2.05) is 6.07 Å². The van der Waals surface area contributed by atoms with Crippen LogP contribution in [0.4, 0.5) is 0 Å². The molecule has 0 atom stereocenters. The van der Waals surface area contributed by atoms with E-state index in [2.05, 4.69) is 74.5 Å². The summed E-state index contributed by atoms with van der Waals surface area (Å²) in [6.07, 6.45) is 4.32. The Morgan fingerprint density at radius 3 is 2.45 bits per heavy atom. The van der Waals surface area contributed by atoms with Crippen molar-refractivity contribution in [2.45, 2.75) is 13.8 Å². The van der Waals surface area contributed by atoms with Crippen LogP contribution in [0.2, 0.25) is 0 Å². The van der Waals surface area contributed by atoms with Gasteiger partial charge in [-0.15, -0.1) is 0 Å². The number of fused-ring (bicyclic) bond motifs is 1. The van der Waals surface area contributed by atoms with Gasteiger partial charge in [0.05, 0.1) is 7.11 Å². The topological polar surface area (TPSA) is 9.23 Å². The molecular formula is C21H20O. The highest BCUT2D eigenvalue weighted by molar-refractivity contribution is 5.95. The fraction of sp³-hybridized carbons (Fsp3) is 0.143. The van der Waals surface area contributed by atoms with Gasteiger partial charge in [0.15, 0.2) is 0 Å². The van der Waals surface area contributed by atoms with Crippen molar-refractivity contribution in [3.8, 4) is 5.75 Å². The summed E-state index contributed by atoms with van der Waals surface area (Å²) in [6.45, 7) is 4.27. The molecule has 0 fully saturated rings. The fourth-order valence-electron chi connectivity index (χ4n) is 2.81. The van der Waals surface area contributed by atoms with Crippen molar-refractivity contribution in [1.29, 1.82) is 0 Å². The second kappa shape index (κ2) is 6.07. The van der Waals surface area contributed by atoms with Crippen LogP contribution < -0.4 is 4.74 Å². The first kappa shape index (κ1) is 14.4. The van der Waals surface area contributed by atoms with E-state index in [0.29, 0.717) is 0 Å². The number of hydrogen-bond acceptors (Lipinski definition) is 1. The molecule has 1 nitrogen and oxygen atoms in total. The molecule has 0 N–H and O–H groups in total. The van der Waals surface area contributed by atoms with Crippen molar-refractivity contribution in [3.05, 3.63) is 76.9 Å². The van der Waals surface area contributed by atoms with Gasteiger partial charge in [-0.2, -0.15) is 0 Å². The molecule has 110 valence electrons. The van der Waals surface area contributed by atoms with E-state index < -0.39 is 0 Å². The van der Waals surface area contributed by atoms with Crippen molar-refractivity contribution in [2.75, 3.05) is 7.11 Å². The summed E-state index contributed by atoms with van der Waals surface area (Å²) in [5.41, 5.74) is 4.94. The molecule has 0 saturated heterocycles. The first-order valence-corrected chi connectivity index (χ1v) is 7.50. The normalized spacial score (nSPS) is 11.2. The van der Waals surface area contributed by atoms with Crippen LogP contribution in [0, 0.1) is 13.8 Å². The Labute approximate surface area is 131 Å². The summed E-state index contributed by atoms with van der Waals surface area (Å²) >= 11 is 0. The van der Waals surface area contributed by atoms with Gasteiger partial charge in [-0.3, -0.25) is 0 Å². The van der Waals surface area contributed by atoms with E-state index in [1.165, 1.54) is 27.5 Å². The predicted octanol–water partition coefficient (Wildman–Crippen LogP) is 5.64. The molecular weight excluding hydrogens is 268 g/mol. The van der Waals surface area contributed by atoms with E-state index >= 15 is 0 Å². The molecule has 0 aliphatic rings. The summed E-state index contributed by atoms with van der Waals surface area (Å²) in [5.74, 6) is 0.903. The Kier molecular flexibility index (Phi) is 3.97. The van der Waals surface area contributed by atoms with Crippen LogP contribution in [0.3, 0.4) is 0 Å². The largest absolute Gasteiger partial charge is 0.496 e. The zero-order valence-electron chi connectivity index (χ0n) is 13.3. The van der Waals surface area contributed by atoms with E-state index in [1.54, 1.807) is 7.11 Å². The van der Waals surface area contributed by atoms with E-state index in [9.17, 15) is 0 Å². The van der Waals surface area contributed by atoms with E-state index in [4.69, 9.17) is 4.74 Å². The number of aryl methyl sites for hydroxylation is 2. The minimum absolute atomic E-state index is 0.903. The van der Waals surface area contributed by atoms with Crippen LogP contribution in [0.1, 0.15) is 22.3 Å². The maximum atomic E-state index is 5.54. The second-order valence-electron chi connectivity index (χ2n) is 5.60. The number of methoxy groups -OCH3 is 1. The monoisotopic (exact) mass is 288 g/mol. The Bertz CT molecular complexity index is 844. The van der Waals surface area contributed by atoms with Gasteiger partial charge in [-0.25, -0.2) is 0 Å². The Morgan fingerprint density at radius 2 is 1.68 bits per heavy atom. The molecule has 0 spiro atoms. The highest BCUT2D eigenvalue weighted by atomic mass is 16.5. The first-order chi connectivity index (χ1) is 10.7. The Morgan fingerprint density at radius 1 is 0.864 bits per heavy atom. The molecule has 3 aromatic rings. The van der Waals surface area contributed by atoms with Crippen molar-refractivity contribution < 1.29 is 4.74 Å². The molecule has 0 amide bonds. The third kappa shape index (κ3) is 2.75. The van der Waals surface area contributed by atoms with Crippen molar-refractivity contribution in [2.24, 2.45) is 0 Å². The van der Waals surface area contributed by atoms with Crippen LogP contribution in [-0.4, -0.2) is 7.11 Å². The van der Waals surface area contributed by atoms with Gasteiger partial charge in [0.25, 0.3) is 0 Å². The van der Waals surface area contributed by atoms with E-state index in [-0.39, 0.29) is 0 Å². The molecule has 0 bridgehead atoms. The fourth-order valence-corrected chi connectivity index (χ4v) is 2.81. The van der Waals surface area contributed by atoms with Crippen molar-refractivity contribution >= 4 is 22.9 Å². The summed E-state index contributed by atoms with van der Waals surface area (Å²) in [7, 11) is 1.72. The molecule has 0 saturated carbocycles. The number of hydrogen-bond donors (Lipinski definition) is 0. The van der Waals surface area contributed by atoms with Crippen molar-refractivity contribution in [1.82, 2.24) is 0 Å². The summed E-state index contributed by atoms with van der Waals surface area (Å²) < 4.78 is 5.54. The molecule has 3 aromatic carbocycles. The minimum Gasteiger partial charge on any atom is -0.496 e.